The summed E-state index contributed by atoms with van der Waals surface area (Å²) in [4.78, 5) is 0. The van der Waals surface area contributed by atoms with Crippen LogP contribution in [0.3, 0.4) is 0 Å². The third-order valence-electron chi connectivity index (χ3n) is 2.66. The molecule has 0 saturated carbocycles. The highest BCUT2D eigenvalue weighted by Gasteiger charge is 2.07. The molecule has 0 aliphatic carbocycles. The van der Waals surface area contributed by atoms with E-state index in [2.05, 4.69) is 12.2 Å². The Morgan fingerprint density at radius 1 is 1.31 bits per heavy atom. The summed E-state index contributed by atoms with van der Waals surface area (Å²) in [6, 6.07) is 6.34. The Balaban J connectivity index is 2.65. The number of nitrogens with one attached hydrogen (secondary N) is 1. The van der Waals surface area contributed by atoms with Crippen LogP contribution in [0.1, 0.15) is 18.9 Å². The van der Waals surface area contributed by atoms with Crippen molar-refractivity contribution in [1.82, 2.24) is 5.32 Å². The highest BCUT2D eigenvalue weighted by Crippen LogP contribution is 2.27. The lowest BCUT2D eigenvalue weighted by Gasteiger charge is -2.16. The zero-order valence-corrected chi connectivity index (χ0v) is 10.5. The lowest BCUT2D eigenvalue weighted by molar-refractivity contribution is 0.254. The molecule has 0 fully saturated rings. The van der Waals surface area contributed by atoms with Crippen molar-refractivity contribution in [2.24, 2.45) is 0 Å². The predicted molar refractivity (Wildman–Crippen MR) is 66.4 cm³/mol. The third-order valence-corrected chi connectivity index (χ3v) is 2.66. The van der Waals surface area contributed by atoms with Crippen molar-refractivity contribution in [3.05, 3.63) is 23.8 Å². The van der Waals surface area contributed by atoms with E-state index in [9.17, 15) is 0 Å². The van der Waals surface area contributed by atoms with Gasteiger partial charge >= 0.3 is 0 Å². The molecule has 0 heterocycles. The average molecular weight is 223 g/mol. The summed E-state index contributed by atoms with van der Waals surface area (Å²) in [5.74, 6) is 1.60. The van der Waals surface area contributed by atoms with E-state index in [0.29, 0.717) is 12.6 Å². The van der Waals surface area contributed by atoms with E-state index in [1.807, 2.05) is 32.2 Å². The van der Waals surface area contributed by atoms with Gasteiger partial charge in [0.05, 0.1) is 7.11 Å². The van der Waals surface area contributed by atoms with Crippen LogP contribution in [0.5, 0.6) is 11.5 Å². The lowest BCUT2D eigenvalue weighted by Crippen LogP contribution is -2.30. The molecule has 1 aromatic carbocycles. The van der Waals surface area contributed by atoms with Gasteiger partial charge in [-0.25, -0.2) is 0 Å². The Morgan fingerprint density at radius 2 is 2.06 bits per heavy atom. The van der Waals surface area contributed by atoms with Crippen LogP contribution < -0.4 is 14.8 Å². The van der Waals surface area contributed by atoms with Crippen LogP contribution in [0, 0.1) is 6.92 Å². The van der Waals surface area contributed by atoms with Crippen molar-refractivity contribution in [3.8, 4) is 11.5 Å². The second kappa shape index (κ2) is 6.38. The SMILES string of the molecule is CCC(COc1ccc(C)cc1OC)NC. The first-order valence-electron chi connectivity index (χ1n) is 5.66. The molecule has 0 bridgehead atoms. The number of rotatable bonds is 6. The molecule has 3 nitrogen and oxygen atoms in total. The summed E-state index contributed by atoms with van der Waals surface area (Å²) in [5.41, 5.74) is 1.17. The average Bonchev–Trinajstić information content (AvgIpc) is 2.31. The minimum absolute atomic E-state index is 0.381. The van der Waals surface area contributed by atoms with E-state index >= 15 is 0 Å². The van der Waals surface area contributed by atoms with E-state index < -0.39 is 0 Å². The molecule has 0 amide bonds. The minimum Gasteiger partial charge on any atom is -0.493 e. The van der Waals surface area contributed by atoms with Gasteiger partial charge in [-0.05, 0) is 38.1 Å². The van der Waals surface area contributed by atoms with Crippen molar-refractivity contribution < 1.29 is 9.47 Å². The van der Waals surface area contributed by atoms with Gasteiger partial charge in [0.1, 0.15) is 6.61 Å². The van der Waals surface area contributed by atoms with E-state index in [4.69, 9.17) is 9.47 Å². The molecule has 1 atom stereocenters. The molecule has 0 spiro atoms. The van der Waals surface area contributed by atoms with Crippen LogP contribution in [-0.2, 0) is 0 Å². The maximum Gasteiger partial charge on any atom is 0.161 e. The van der Waals surface area contributed by atoms with Gasteiger partial charge in [0.25, 0.3) is 0 Å². The van der Waals surface area contributed by atoms with Gasteiger partial charge in [0.15, 0.2) is 11.5 Å². The molecule has 16 heavy (non-hydrogen) atoms. The number of hydrogen-bond acceptors (Lipinski definition) is 3. The molecular formula is C13H21NO2. The van der Waals surface area contributed by atoms with Crippen LogP contribution in [0.4, 0.5) is 0 Å². The lowest BCUT2D eigenvalue weighted by atomic mass is 10.2. The van der Waals surface area contributed by atoms with Crippen molar-refractivity contribution in [3.63, 3.8) is 0 Å². The van der Waals surface area contributed by atoms with Gasteiger partial charge < -0.3 is 14.8 Å². The number of hydrogen-bond donors (Lipinski definition) is 1. The molecule has 1 aromatic rings. The van der Waals surface area contributed by atoms with Crippen LogP contribution in [0.25, 0.3) is 0 Å². The van der Waals surface area contributed by atoms with Crippen molar-refractivity contribution in [1.29, 1.82) is 0 Å². The molecule has 90 valence electrons. The van der Waals surface area contributed by atoms with E-state index in [0.717, 1.165) is 17.9 Å². The quantitative estimate of drug-likeness (QED) is 0.803. The van der Waals surface area contributed by atoms with E-state index in [1.165, 1.54) is 5.56 Å². The summed E-state index contributed by atoms with van der Waals surface area (Å²) in [6.07, 6.45) is 1.05. The first kappa shape index (κ1) is 12.8. The Morgan fingerprint density at radius 3 is 2.62 bits per heavy atom. The smallest absolute Gasteiger partial charge is 0.161 e. The first-order valence-corrected chi connectivity index (χ1v) is 5.66. The van der Waals surface area contributed by atoms with Crippen LogP contribution in [0.2, 0.25) is 0 Å². The van der Waals surface area contributed by atoms with Crippen LogP contribution in [0.15, 0.2) is 18.2 Å². The summed E-state index contributed by atoms with van der Waals surface area (Å²) in [7, 11) is 3.61. The largest absolute Gasteiger partial charge is 0.493 e. The molecule has 0 saturated heterocycles. The maximum absolute atomic E-state index is 5.74. The fraction of sp³-hybridized carbons (Fsp3) is 0.538. The maximum atomic E-state index is 5.74. The molecule has 0 radical (unpaired) electrons. The summed E-state index contributed by atoms with van der Waals surface area (Å²) < 4.78 is 11.0. The molecule has 3 heteroatoms. The fourth-order valence-electron chi connectivity index (χ4n) is 1.49. The van der Waals surface area contributed by atoms with Crippen molar-refractivity contribution in [2.75, 3.05) is 20.8 Å². The molecule has 0 aromatic heterocycles. The number of ether oxygens (including phenoxy) is 2. The molecular weight excluding hydrogens is 202 g/mol. The fourth-order valence-corrected chi connectivity index (χ4v) is 1.49. The van der Waals surface area contributed by atoms with E-state index in [1.54, 1.807) is 7.11 Å². The Kier molecular flexibility index (Phi) is 5.12. The standard InChI is InChI=1S/C13H21NO2/c1-5-11(14-3)9-16-12-7-6-10(2)8-13(12)15-4/h6-8,11,14H,5,9H2,1-4H3. The van der Waals surface area contributed by atoms with Gasteiger partial charge in [-0.3, -0.25) is 0 Å². The van der Waals surface area contributed by atoms with Crippen LogP contribution >= 0.6 is 0 Å². The van der Waals surface area contributed by atoms with Crippen molar-refractivity contribution >= 4 is 0 Å². The van der Waals surface area contributed by atoms with Gasteiger partial charge in [-0.2, -0.15) is 0 Å². The monoisotopic (exact) mass is 223 g/mol. The Labute approximate surface area is 97.8 Å². The number of likely N-dealkylation sites (N-methyl/N-ethyl adjacent to an activating group) is 1. The third kappa shape index (κ3) is 3.42. The van der Waals surface area contributed by atoms with Gasteiger partial charge in [-0.15, -0.1) is 0 Å². The number of methoxy groups -OCH3 is 1. The molecule has 0 aliphatic rings. The summed E-state index contributed by atoms with van der Waals surface area (Å²) >= 11 is 0. The minimum atomic E-state index is 0.381. The predicted octanol–water partition coefficient (Wildman–Crippen LogP) is 2.38. The van der Waals surface area contributed by atoms with Crippen molar-refractivity contribution in [2.45, 2.75) is 26.3 Å². The number of aryl methyl sites for hydroxylation is 1. The molecule has 1 unspecified atom stereocenters. The second-order valence-electron chi connectivity index (χ2n) is 3.86. The van der Waals surface area contributed by atoms with Gasteiger partial charge in [0, 0.05) is 6.04 Å². The zero-order valence-electron chi connectivity index (χ0n) is 10.5. The Hall–Kier alpha value is -1.22. The number of benzene rings is 1. The normalized spacial score (nSPS) is 12.2. The van der Waals surface area contributed by atoms with Gasteiger partial charge in [0.2, 0.25) is 0 Å². The highest BCUT2D eigenvalue weighted by atomic mass is 16.5. The summed E-state index contributed by atoms with van der Waals surface area (Å²) in [6.45, 7) is 4.83. The highest BCUT2D eigenvalue weighted by molar-refractivity contribution is 5.42. The second-order valence-corrected chi connectivity index (χ2v) is 3.86. The molecule has 1 N–H and O–H groups in total. The molecule has 1 rings (SSSR count). The molecule has 0 aliphatic heterocycles. The Bertz CT molecular complexity index is 322. The topological polar surface area (TPSA) is 30.5 Å². The summed E-state index contributed by atoms with van der Waals surface area (Å²) in [5, 5.41) is 3.21. The van der Waals surface area contributed by atoms with E-state index in [-0.39, 0.29) is 0 Å². The zero-order chi connectivity index (χ0) is 12.0. The first-order chi connectivity index (χ1) is 7.71. The van der Waals surface area contributed by atoms with Gasteiger partial charge in [-0.1, -0.05) is 13.0 Å². The van der Waals surface area contributed by atoms with Crippen LogP contribution in [-0.4, -0.2) is 26.8 Å².